The van der Waals surface area contributed by atoms with Crippen LogP contribution in [-0.2, 0) is 14.3 Å². The predicted molar refractivity (Wildman–Crippen MR) is 124 cm³/mol. The van der Waals surface area contributed by atoms with Crippen molar-refractivity contribution in [2.24, 2.45) is 10.9 Å². The Labute approximate surface area is 200 Å². The summed E-state index contributed by atoms with van der Waals surface area (Å²) in [6.07, 6.45) is -2.71. The fourth-order valence-corrected chi connectivity index (χ4v) is 4.96. The molecule has 1 atom stereocenters. The van der Waals surface area contributed by atoms with Gasteiger partial charge in [0.15, 0.2) is 10.9 Å². The molecule has 0 spiro atoms. The van der Waals surface area contributed by atoms with Gasteiger partial charge in [-0.2, -0.15) is 13.2 Å². The first-order chi connectivity index (χ1) is 16.1. The third-order valence-corrected chi connectivity index (χ3v) is 6.82. The molecule has 10 heteroatoms. The first-order valence-electron chi connectivity index (χ1n) is 11.2. The standard InChI is InChI=1S/C24H26F3N3O3S/c1-4-33-22(32)19-20(17-9-13(2)5-6-14(17)3)30-16(10-18(31)28-11-15-7-8-15)12-34-23(30)29-21(19)24(25,26)27/h5-6,9,12,15,20H,4,7-8,10-11H2,1-3H3,(H,28,31). The zero-order valence-corrected chi connectivity index (χ0v) is 20.0. The van der Waals surface area contributed by atoms with Crippen molar-refractivity contribution >= 4 is 28.8 Å². The van der Waals surface area contributed by atoms with Crippen LogP contribution in [0.1, 0.15) is 48.9 Å². The number of carbonyl (C=O) groups excluding carboxylic acids is 2. The Balaban J connectivity index is 1.80. The van der Waals surface area contributed by atoms with Crippen LogP contribution >= 0.6 is 11.8 Å². The van der Waals surface area contributed by atoms with E-state index in [1.54, 1.807) is 29.4 Å². The van der Waals surface area contributed by atoms with Gasteiger partial charge in [-0.15, -0.1) is 0 Å². The van der Waals surface area contributed by atoms with Crippen LogP contribution in [-0.4, -0.2) is 41.3 Å². The van der Waals surface area contributed by atoms with Crippen LogP contribution in [0.2, 0.25) is 0 Å². The predicted octanol–water partition coefficient (Wildman–Crippen LogP) is 4.90. The minimum Gasteiger partial charge on any atom is -0.463 e. The fraction of sp³-hybridized carbons (Fsp3) is 0.458. The molecule has 34 heavy (non-hydrogen) atoms. The number of benzene rings is 1. The number of carbonyl (C=O) groups is 2. The van der Waals surface area contributed by atoms with E-state index in [9.17, 15) is 22.8 Å². The van der Waals surface area contributed by atoms with Crippen molar-refractivity contribution in [3.05, 3.63) is 57.3 Å². The van der Waals surface area contributed by atoms with E-state index in [1.807, 2.05) is 13.0 Å². The Morgan fingerprint density at radius 1 is 1.26 bits per heavy atom. The number of fused-ring (bicyclic) bond motifs is 1. The zero-order chi connectivity index (χ0) is 24.6. The van der Waals surface area contributed by atoms with Crippen LogP contribution in [0, 0.1) is 19.8 Å². The SMILES string of the molecule is CCOC(=O)C1=C(C(F)(F)F)N=C2SC=C(CC(=O)NCC3CC3)N2C1c1cc(C)ccc1C. The van der Waals surface area contributed by atoms with Gasteiger partial charge in [0.2, 0.25) is 5.91 Å². The molecule has 3 aliphatic rings. The van der Waals surface area contributed by atoms with Crippen molar-refractivity contribution < 1.29 is 27.5 Å². The topological polar surface area (TPSA) is 71.0 Å². The highest BCUT2D eigenvalue weighted by molar-refractivity contribution is 8.16. The lowest BCUT2D eigenvalue weighted by Crippen LogP contribution is -2.40. The lowest BCUT2D eigenvalue weighted by atomic mass is 9.89. The highest BCUT2D eigenvalue weighted by atomic mass is 32.2. The van der Waals surface area contributed by atoms with E-state index < -0.39 is 29.5 Å². The van der Waals surface area contributed by atoms with E-state index in [1.165, 1.54) is 6.92 Å². The molecular formula is C24H26F3N3O3S. The summed E-state index contributed by atoms with van der Waals surface area (Å²) in [7, 11) is 0. The van der Waals surface area contributed by atoms with Crippen LogP contribution in [0.5, 0.6) is 0 Å². The lowest BCUT2D eigenvalue weighted by molar-refractivity contribution is -0.140. The first kappa shape index (κ1) is 24.4. The number of hydrogen-bond acceptors (Lipinski definition) is 6. The Morgan fingerprint density at radius 3 is 2.65 bits per heavy atom. The summed E-state index contributed by atoms with van der Waals surface area (Å²) in [6.45, 7) is 5.67. The number of esters is 1. The number of aryl methyl sites for hydroxylation is 2. The van der Waals surface area contributed by atoms with Gasteiger partial charge in [-0.25, -0.2) is 9.79 Å². The lowest BCUT2D eigenvalue weighted by Gasteiger charge is -2.37. The Bertz CT molecular complexity index is 1110. The average molecular weight is 494 g/mol. The number of thioether (sulfide) groups is 1. The van der Waals surface area contributed by atoms with Gasteiger partial charge in [-0.05, 0) is 56.1 Å². The molecule has 1 saturated carbocycles. The van der Waals surface area contributed by atoms with Crippen molar-refractivity contribution in [1.82, 2.24) is 10.2 Å². The number of hydrogen-bond donors (Lipinski definition) is 1. The van der Waals surface area contributed by atoms with Gasteiger partial charge in [-0.3, -0.25) is 4.79 Å². The van der Waals surface area contributed by atoms with Crippen LogP contribution in [0.3, 0.4) is 0 Å². The van der Waals surface area contributed by atoms with Gasteiger partial charge in [0.05, 0.1) is 24.6 Å². The number of amidine groups is 1. The summed E-state index contributed by atoms with van der Waals surface area (Å²) in [4.78, 5) is 31.0. The Kier molecular flexibility index (Phi) is 6.80. The number of amides is 1. The molecule has 0 aromatic heterocycles. The minimum absolute atomic E-state index is 0.0302. The quantitative estimate of drug-likeness (QED) is 0.547. The molecule has 2 heterocycles. The van der Waals surface area contributed by atoms with Gasteiger partial charge < -0.3 is 15.0 Å². The molecule has 6 nitrogen and oxygen atoms in total. The number of rotatable bonds is 7. The van der Waals surface area contributed by atoms with Crippen LogP contribution < -0.4 is 5.32 Å². The van der Waals surface area contributed by atoms with Crippen LogP contribution in [0.4, 0.5) is 13.2 Å². The normalized spacial score (nSPS) is 20.1. The third kappa shape index (κ3) is 5.01. The maximum absolute atomic E-state index is 14.1. The summed E-state index contributed by atoms with van der Waals surface area (Å²) >= 11 is 1.02. The van der Waals surface area contributed by atoms with E-state index in [-0.39, 0.29) is 24.1 Å². The molecule has 182 valence electrons. The summed E-state index contributed by atoms with van der Waals surface area (Å²) in [6, 6.07) is 4.31. The summed E-state index contributed by atoms with van der Waals surface area (Å²) in [5.41, 5.74) is 0.743. The van der Waals surface area contributed by atoms with Crippen molar-refractivity contribution in [3.63, 3.8) is 0 Å². The molecular weight excluding hydrogens is 467 g/mol. The van der Waals surface area contributed by atoms with Gasteiger partial charge >= 0.3 is 12.1 Å². The van der Waals surface area contributed by atoms with Crippen LogP contribution in [0.25, 0.3) is 0 Å². The minimum atomic E-state index is -4.86. The molecule has 1 fully saturated rings. The number of ether oxygens (including phenoxy) is 1. The summed E-state index contributed by atoms with van der Waals surface area (Å²) in [5, 5.41) is 4.60. The second-order valence-electron chi connectivity index (χ2n) is 8.66. The number of allylic oxidation sites excluding steroid dienone is 1. The largest absolute Gasteiger partial charge is 0.463 e. The summed E-state index contributed by atoms with van der Waals surface area (Å²) in [5.74, 6) is -0.792. The van der Waals surface area contributed by atoms with Crippen molar-refractivity contribution in [1.29, 1.82) is 0 Å². The number of nitrogens with zero attached hydrogens (tertiary/aromatic N) is 2. The second-order valence-corrected chi connectivity index (χ2v) is 9.50. The van der Waals surface area contributed by atoms with E-state index >= 15 is 0 Å². The molecule has 1 aromatic rings. The zero-order valence-electron chi connectivity index (χ0n) is 19.2. The summed E-state index contributed by atoms with van der Waals surface area (Å²) < 4.78 is 47.4. The van der Waals surface area contributed by atoms with Gasteiger partial charge in [-0.1, -0.05) is 35.5 Å². The van der Waals surface area contributed by atoms with E-state index in [4.69, 9.17) is 4.74 Å². The van der Waals surface area contributed by atoms with E-state index in [0.717, 1.165) is 35.7 Å². The molecule has 1 amide bonds. The van der Waals surface area contributed by atoms with Crippen LogP contribution in [0.15, 0.2) is 45.6 Å². The van der Waals surface area contributed by atoms with Crippen molar-refractivity contribution in [3.8, 4) is 0 Å². The highest BCUT2D eigenvalue weighted by Crippen LogP contribution is 2.48. The fourth-order valence-electron chi connectivity index (χ4n) is 4.04. The molecule has 1 aliphatic carbocycles. The second kappa shape index (κ2) is 9.48. The molecule has 0 saturated heterocycles. The molecule has 2 aliphatic heterocycles. The Morgan fingerprint density at radius 2 is 2.00 bits per heavy atom. The Hall–Kier alpha value is -2.75. The van der Waals surface area contributed by atoms with Crippen molar-refractivity contribution in [2.45, 2.75) is 52.3 Å². The average Bonchev–Trinajstić information content (AvgIpc) is 3.52. The molecule has 0 bridgehead atoms. The first-order valence-corrected chi connectivity index (χ1v) is 12.0. The van der Waals surface area contributed by atoms with Gasteiger partial charge in [0.25, 0.3) is 0 Å². The number of aliphatic imine (C=N–C) groups is 1. The van der Waals surface area contributed by atoms with Gasteiger partial charge in [0, 0.05) is 12.2 Å². The molecule has 1 unspecified atom stereocenters. The number of nitrogens with one attached hydrogen (secondary N) is 1. The smallest absolute Gasteiger partial charge is 0.434 e. The highest BCUT2D eigenvalue weighted by Gasteiger charge is 2.49. The molecule has 0 radical (unpaired) electrons. The van der Waals surface area contributed by atoms with Crippen molar-refractivity contribution in [2.75, 3.05) is 13.2 Å². The van der Waals surface area contributed by atoms with E-state index in [2.05, 4.69) is 10.3 Å². The number of halogens is 3. The molecule has 1 aromatic carbocycles. The maximum atomic E-state index is 14.1. The van der Waals surface area contributed by atoms with E-state index in [0.29, 0.717) is 23.7 Å². The monoisotopic (exact) mass is 493 g/mol. The maximum Gasteiger partial charge on any atom is 0.434 e. The third-order valence-electron chi connectivity index (χ3n) is 5.93. The molecule has 1 N–H and O–H groups in total. The number of alkyl halides is 3. The van der Waals surface area contributed by atoms with Gasteiger partial charge in [0.1, 0.15) is 0 Å². The molecule has 4 rings (SSSR count).